The van der Waals surface area contributed by atoms with E-state index < -0.39 is 0 Å². The third kappa shape index (κ3) is 4.25. The highest BCUT2D eigenvalue weighted by molar-refractivity contribution is 5.93. The molecule has 0 saturated carbocycles. The van der Waals surface area contributed by atoms with Crippen LogP contribution in [-0.2, 0) is 6.54 Å². The van der Waals surface area contributed by atoms with Crippen LogP contribution in [0.1, 0.15) is 5.56 Å². The third-order valence-corrected chi connectivity index (χ3v) is 4.32. The minimum atomic E-state index is 0.319. The molecule has 0 aliphatic heterocycles. The van der Waals surface area contributed by atoms with Crippen molar-refractivity contribution in [2.24, 2.45) is 10.7 Å². The van der Waals surface area contributed by atoms with Gasteiger partial charge >= 0.3 is 0 Å². The van der Waals surface area contributed by atoms with Gasteiger partial charge in [-0.25, -0.2) is 9.98 Å². The fourth-order valence-corrected chi connectivity index (χ4v) is 2.86. The van der Waals surface area contributed by atoms with Crippen molar-refractivity contribution < 1.29 is 9.47 Å². The molecule has 3 rings (SSSR count). The minimum Gasteiger partial charge on any atom is -0.493 e. The van der Waals surface area contributed by atoms with Crippen LogP contribution in [0.15, 0.2) is 53.5 Å². The summed E-state index contributed by atoms with van der Waals surface area (Å²) in [7, 11) is 7.13. The predicted octanol–water partition coefficient (Wildman–Crippen LogP) is 3.24. The maximum absolute atomic E-state index is 6.10. The zero-order chi connectivity index (χ0) is 20.1. The fourth-order valence-electron chi connectivity index (χ4n) is 2.86. The maximum atomic E-state index is 6.10. The van der Waals surface area contributed by atoms with E-state index in [0.29, 0.717) is 24.0 Å². The van der Waals surface area contributed by atoms with Gasteiger partial charge in [-0.05, 0) is 29.8 Å². The maximum Gasteiger partial charge on any atom is 0.193 e. The van der Waals surface area contributed by atoms with E-state index in [2.05, 4.69) is 15.3 Å². The van der Waals surface area contributed by atoms with Crippen molar-refractivity contribution in [2.45, 2.75) is 6.54 Å². The number of pyridine rings is 1. The number of benzene rings is 2. The Morgan fingerprint density at radius 3 is 2.54 bits per heavy atom. The first-order chi connectivity index (χ1) is 13.5. The fraction of sp³-hybridized carbons (Fsp3) is 0.238. The summed E-state index contributed by atoms with van der Waals surface area (Å²) in [6, 6.07) is 15.5. The Labute approximate surface area is 164 Å². The molecule has 7 heteroatoms. The second-order valence-corrected chi connectivity index (χ2v) is 6.45. The number of hydrogen-bond acceptors (Lipinski definition) is 5. The summed E-state index contributed by atoms with van der Waals surface area (Å²) in [4.78, 5) is 11.2. The van der Waals surface area contributed by atoms with Crippen molar-refractivity contribution in [1.82, 2.24) is 4.98 Å². The molecule has 0 aliphatic rings. The Kier molecular flexibility index (Phi) is 5.84. The monoisotopic (exact) mass is 379 g/mol. The van der Waals surface area contributed by atoms with E-state index in [1.165, 1.54) is 0 Å². The number of nitrogens with zero attached hydrogens (tertiary/aromatic N) is 3. The molecule has 1 heterocycles. The smallest absolute Gasteiger partial charge is 0.193 e. The molecule has 0 saturated heterocycles. The highest BCUT2D eigenvalue weighted by Crippen LogP contribution is 2.29. The Morgan fingerprint density at radius 1 is 1.07 bits per heavy atom. The highest BCUT2D eigenvalue weighted by atomic mass is 16.5. The van der Waals surface area contributed by atoms with Gasteiger partial charge in [0, 0.05) is 31.2 Å². The molecule has 3 N–H and O–H groups in total. The Hall–Kier alpha value is -3.48. The average Bonchev–Trinajstić information content (AvgIpc) is 2.71. The number of aliphatic imine (C=N–C) groups is 1. The molecule has 3 aromatic rings. The van der Waals surface area contributed by atoms with Crippen LogP contribution in [-0.4, -0.2) is 39.3 Å². The van der Waals surface area contributed by atoms with Gasteiger partial charge in [0.05, 0.1) is 26.3 Å². The van der Waals surface area contributed by atoms with Crippen LogP contribution in [0.3, 0.4) is 0 Å². The zero-order valence-corrected chi connectivity index (χ0v) is 16.6. The van der Waals surface area contributed by atoms with Crippen LogP contribution in [0.25, 0.3) is 10.9 Å². The van der Waals surface area contributed by atoms with Gasteiger partial charge in [0.1, 0.15) is 5.82 Å². The van der Waals surface area contributed by atoms with Gasteiger partial charge in [0.15, 0.2) is 17.5 Å². The lowest BCUT2D eigenvalue weighted by molar-refractivity contribution is 0.355. The number of aromatic nitrogens is 1. The normalized spacial score (nSPS) is 11.4. The summed E-state index contributed by atoms with van der Waals surface area (Å²) in [5.74, 6) is 2.48. The van der Waals surface area contributed by atoms with Crippen LogP contribution in [0, 0.1) is 0 Å². The highest BCUT2D eigenvalue weighted by Gasteiger charge is 2.08. The molecule has 0 radical (unpaired) electrons. The molecule has 1 aromatic heterocycles. The number of methoxy groups -OCH3 is 2. The van der Waals surface area contributed by atoms with Crippen molar-refractivity contribution in [3.8, 4) is 11.5 Å². The van der Waals surface area contributed by atoms with E-state index in [1.54, 1.807) is 14.2 Å². The van der Waals surface area contributed by atoms with Crippen molar-refractivity contribution >= 4 is 28.4 Å². The van der Waals surface area contributed by atoms with Gasteiger partial charge in [-0.2, -0.15) is 0 Å². The van der Waals surface area contributed by atoms with Crippen molar-refractivity contribution in [3.63, 3.8) is 0 Å². The van der Waals surface area contributed by atoms with E-state index in [1.807, 2.05) is 67.5 Å². The lowest BCUT2D eigenvalue weighted by atomic mass is 10.1. The number of fused-ring (bicyclic) bond motifs is 1. The number of nitrogens with two attached hydrogens (primary N) is 1. The van der Waals surface area contributed by atoms with Gasteiger partial charge < -0.3 is 25.4 Å². The first-order valence-corrected chi connectivity index (χ1v) is 8.86. The second kappa shape index (κ2) is 8.47. The van der Waals surface area contributed by atoms with Crippen LogP contribution in [0.2, 0.25) is 0 Å². The quantitative estimate of drug-likeness (QED) is 0.505. The van der Waals surface area contributed by atoms with Gasteiger partial charge in [0.25, 0.3) is 0 Å². The van der Waals surface area contributed by atoms with Gasteiger partial charge in [-0.3, -0.25) is 0 Å². The molecule has 0 unspecified atom stereocenters. The standard InChI is InChI=1S/C21H25N5O2/c1-26(2)20-11-14(16-7-5-6-8-17(16)25-20)13-23-21(22)24-15-9-10-18(27-3)19(12-15)28-4/h5-12H,13H2,1-4H3,(H3,22,23,24). The molecular weight excluding hydrogens is 354 g/mol. The number of nitrogens with one attached hydrogen (secondary N) is 1. The molecule has 28 heavy (non-hydrogen) atoms. The number of anilines is 2. The van der Waals surface area contributed by atoms with E-state index in [0.717, 1.165) is 28.0 Å². The van der Waals surface area contributed by atoms with E-state index in [-0.39, 0.29) is 0 Å². The minimum absolute atomic E-state index is 0.319. The molecule has 2 aromatic carbocycles. The van der Waals surface area contributed by atoms with Gasteiger partial charge in [0.2, 0.25) is 0 Å². The summed E-state index contributed by atoms with van der Waals surface area (Å²) >= 11 is 0. The lowest BCUT2D eigenvalue weighted by Gasteiger charge is -2.14. The van der Waals surface area contributed by atoms with Crippen LogP contribution < -0.4 is 25.4 Å². The molecule has 146 valence electrons. The summed E-state index contributed by atoms with van der Waals surface area (Å²) in [5.41, 5.74) is 8.87. The van der Waals surface area contributed by atoms with Crippen molar-refractivity contribution in [2.75, 3.05) is 38.5 Å². The van der Waals surface area contributed by atoms with Gasteiger partial charge in [-0.1, -0.05) is 18.2 Å². The van der Waals surface area contributed by atoms with E-state index in [9.17, 15) is 0 Å². The van der Waals surface area contributed by atoms with Crippen LogP contribution in [0.4, 0.5) is 11.5 Å². The molecule has 0 amide bonds. The lowest BCUT2D eigenvalue weighted by Crippen LogP contribution is -2.22. The summed E-state index contributed by atoms with van der Waals surface area (Å²) in [5, 5.41) is 4.16. The van der Waals surface area contributed by atoms with E-state index >= 15 is 0 Å². The Bertz CT molecular complexity index is 1000. The number of guanidine groups is 1. The van der Waals surface area contributed by atoms with Crippen molar-refractivity contribution in [3.05, 3.63) is 54.1 Å². The van der Waals surface area contributed by atoms with Crippen LogP contribution in [0.5, 0.6) is 11.5 Å². The van der Waals surface area contributed by atoms with Gasteiger partial charge in [-0.15, -0.1) is 0 Å². The average molecular weight is 379 g/mol. The third-order valence-electron chi connectivity index (χ3n) is 4.32. The number of rotatable bonds is 6. The number of ether oxygens (including phenoxy) is 2. The molecule has 0 bridgehead atoms. The van der Waals surface area contributed by atoms with Crippen LogP contribution >= 0.6 is 0 Å². The zero-order valence-electron chi connectivity index (χ0n) is 16.6. The predicted molar refractivity (Wildman–Crippen MR) is 115 cm³/mol. The SMILES string of the molecule is COc1ccc(NC(N)=NCc2cc(N(C)C)nc3ccccc23)cc1OC. The first-order valence-electron chi connectivity index (χ1n) is 8.86. The molecule has 0 aliphatic carbocycles. The largest absolute Gasteiger partial charge is 0.493 e. The molecule has 7 nitrogen and oxygen atoms in total. The topological polar surface area (TPSA) is 85.0 Å². The second-order valence-electron chi connectivity index (χ2n) is 6.45. The Balaban J connectivity index is 1.83. The molecular formula is C21H25N5O2. The number of hydrogen-bond donors (Lipinski definition) is 2. The number of para-hydroxylation sites is 1. The first kappa shape index (κ1) is 19.3. The summed E-state index contributed by atoms with van der Waals surface area (Å²) in [6.45, 7) is 0.440. The summed E-state index contributed by atoms with van der Waals surface area (Å²) < 4.78 is 10.6. The van der Waals surface area contributed by atoms with Crippen molar-refractivity contribution in [1.29, 1.82) is 0 Å². The Morgan fingerprint density at radius 2 is 1.82 bits per heavy atom. The summed E-state index contributed by atoms with van der Waals surface area (Å²) in [6.07, 6.45) is 0. The molecule has 0 atom stereocenters. The molecule has 0 spiro atoms. The van der Waals surface area contributed by atoms with E-state index in [4.69, 9.17) is 15.2 Å². The molecule has 0 fully saturated rings.